The molecule has 0 aromatic heterocycles. The highest BCUT2D eigenvalue weighted by Crippen LogP contribution is 2.34. The molecule has 2 heteroatoms. The van der Waals surface area contributed by atoms with Crippen LogP contribution in [0.15, 0.2) is 23.5 Å². The Bertz CT molecular complexity index is 242. The summed E-state index contributed by atoms with van der Waals surface area (Å²) in [5.74, 6) is 1.53. The number of hydrogen-bond acceptors (Lipinski definition) is 1. The molecule has 0 aromatic carbocycles. The largest absolute Gasteiger partial charge is 0.494 e. The van der Waals surface area contributed by atoms with Gasteiger partial charge in [-0.3, -0.25) is 0 Å². The van der Waals surface area contributed by atoms with Crippen LogP contribution in [0.25, 0.3) is 0 Å². The van der Waals surface area contributed by atoms with Crippen LogP contribution in [0.1, 0.15) is 19.8 Å². The van der Waals surface area contributed by atoms with E-state index in [0.29, 0.717) is 5.92 Å². The van der Waals surface area contributed by atoms with E-state index in [-0.39, 0.29) is 5.38 Å². The lowest BCUT2D eigenvalue weighted by atomic mass is 9.88. The van der Waals surface area contributed by atoms with Crippen LogP contribution in [0, 0.1) is 5.92 Å². The van der Waals surface area contributed by atoms with Crippen molar-refractivity contribution >= 4 is 11.6 Å². The summed E-state index contributed by atoms with van der Waals surface area (Å²) in [6.45, 7) is 3.04. The number of alkyl halides is 1. The summed E-state index contributed by atoms with van der Waals surface area (Å²) in [5.41, 5.74) is 1.41. The summed E-state index contributed by atoms with van der Waals surface area (Å²) < 4.78 is 5.53. The van der Waals surface area contributed by atoms with Crippen molar-refractivity contribution in [1.29, 1.82) is 0 Å². The van der Waals surface area contributed by atoms with Gasteiger partial charge >= 0.3 is 0 Å². The van der Waals surface area contributed by atoms with Crippen LogP contribution in [0.5, 0.6) is 0 Å². The summed E-state index contributed by atoms with van der Waals surface area (Å²) in [5, 5.41) is 0.158. The molecule has 1 heterocycles. The maximum Gasteiger partial charge on any atom is 0.118 e. The SMILES string of the molecule is C[C@@H]1C2=C(C=CC1Cl)OCCC2. The fourth-order valence-electron chi connectivity index (χ4n) is 1.81. The van der Waals surface area contributed by atoms with E-state index >= 15 is 0 Å². The van der Waals surface area contributed by atoms with Crippen molar-refractivity contribution < 1.29 is 4.74 Å². The van der Waals surface area contributed by atoms with Crippen LogP contribution in [0.2, 0.25) is 0 Å². The lowest BCUT2D eigenvalue weighted by Gasteiger charge is -2.28. The molecule has 0 bridgehead atoms. The zero-order valence-electron chi connectivity index (χ0n) is 7.22. The third-order valence-electron chi connectivity index (χ3n) is 2.62. The average Bonchev–Trinajstić information content (AvgIpc) is 2.12. The van der Waals surface area contributed by atoms with Crippen molar-refractivity contribution in [3.8, 4) is 0 Å². The first kappa shape index (κ1) is 8.18. The van der Waals surface area contributed by atoms with E-state index in [1.54, 1.807) is 0 Å². The fraction of sp³-hybridized carbons (Fsp3) is 0.600. The van der Waals surface area contributed by atoms with Gasteiger partial charge in [0.15, 0.2) is 0 Å². The second-order valence-corrected chi connectivity index (χ2v) is 3.94. The number of ether oxygens (including phenoxy) is 1. The smallest absolute Gasteiger partial charge is 0.118 e. The minimum absolute atomic E-state index is 0.158. The molecule has 0 saturated heterocycles. The topological polar surface area (TPSA) is 9.23 Å². The molecule has 0 amide bonds. The Morgan fingerprint density at radius 3 is 3.25 bits per heavy atom. The predicted molar refractivity (Wildman–Crippen MR) is 50.2 cm³/mol. The highest BCUT2D eigenvalue weighted by Gasteiger charge is 2.25. The summed E-state index contributed by atoms with van der Waals surface area (Å²) in [7, 11) is 0. The lowest BCUT2D eigenvalue weighted by molar-refractivity contribution is 0.191. The molecule has 1 nitrogen and oxygen atoms in total. The molecule has 0 spiro atoms. The summed E-state index contributed by atoms with van der Waals surface area (Å²) >= 11 is 6.11. The molecule has 2 atom stereocenters. The normalized spacial score (nSPS) is 34.5. The Balaban J connectivity index is 2.28. The highest BCUT2D eigenvalue weighted by atomic mass is 35.5. The van der Waals surface area contributed by atoms with Crippen LogP contribution in [0.3, 0.4) is 0 Å². The first-order valence-corrected chi connectivity index (χ1v) is 4.91. The van der Waals surface area contributed by atoms with Crippen molar-refractivity contribution in [3.05, 3.63) is 23.5 Å². The molecule has 2 aliphatic rings. The standard InChI is InChI=1S/C10H13ClO/c1-7-8-3-2-6-12-10(8)5-4-9(7)11/h4-5,7,9H,2-3,6H2,1H3/t7-,9?/m1/s1. The van der Waals surface area contributed by atoms with Gasteiger partial charge in [0, 0.05) is 5.92 Å². The van der Waals surface area contributed by atoms with E-state index in [0.717, 1.165) is 25.2 Å². The molecule has 0 saturated carbocycles. The molecule has 12 heavy (non-hydrogen) atoms. The molecular formula is C10H13ClO. The van der Waals surface area contributed by atoms with Gasteiger partial charge in [0.1, 0.15) is 5.76 Å². The van der Waals surface area contributed by atoms with Gasteiger partial charge in [-0.2, -0.15) is 0 Å². The Morgan fingerprint density at radius 1 is 1.58 bits per heavy atom. The Hall–Kier alpha value is -0.430. The molecule has 1 unspecified atom stereocenters. The summed E-state index contributed by atoms with van der Waals surface area (Å²) in [4.78, 5) is 0. The quantitative estimate of drug-likeness (QED) is 0.526. The number of allylic oxidation sites excluding steroid dienone is 3. The molecule has 1 aliphatic heterocycles. The molecule has 0 N–H and O–H groups in total. The molecule has 66 valence electrons. The second kappa shape index (κ2) is 3.14. The van der Waals surface area contributed by atoms with Crippen molar-refractivity contribution in [1.82, 2.24) is 0 Å². The second-order valence-electron chi connectivity index (χ2n) is 3.43. The van der Waals surface area contributed by atoms with Crippen molar-refractivity contribution in [3.63, 3.8) is 0 Å². The summed E-state index contributed by atoms with van der Waals surface area (Å²) in [6, 6.07) is 0. The van der Waals surface area contributed by atoms with E-state index in [1.807, 2.05) is 12.2 Å². The Morgan fingerprint density at radius 2 is 2.42 bits per heavy atom. The molecular weight excluding hydrogens is 172 g/mol. The van der Waals surface area contributed by atoms with Gasteiger partial charge in [0.05, 0.1) is 12.0 Å². The maximum absolute atomic E-state index is 6.11. The number of hydrogen-bond donors (Lipinski definition) is 0. The summed E-state index contributed by atoms with van der Waals surface area (Å²) in [6.07, 6.45) is 6.34. The van der Waals surface area contributed by atoms with Crippen LogP contribution < -0.4 is 0 Å². The van der Waals surface area contributed by atoms with Gasteiger partial charge in [-0.15, -0.1) is 11.6 Å². The van der Waals surface area contributed by atoms with Crippen LogP contribution in [0.4, 0.5) is 0 Å². The van der Waals surface area contributed by atoms with Gasteiger partial charge in [0.2, 0.25) is 0 Å². The lowest BCUT2D eigenvalue weighted by Crippen LogP contribution is -2.21. The van der Waals surface area contributed by atoms with Crippen LogP contribution >= 0.6 is 11.6 Å². The first-order chi connectivity index (χ1) is 5.79. The first-order valence-electron chi connectivity index (χ1n) is 4.47. The molecule has 2 rings (SSSR count). The Labute approximate surface area is 78.0 Å². The van der Waals surface area contributed by atoms with E-state index < -0.39 is 0 Å². The predicted octanol–water partition coefficient (Wildman–Crippen LogP) is 2.86. The highest BCUT2D eigenvalue weighted by molar-refractivity contribution is 6.22. The number of rotatable bonds is 0. The van der Waals surface area contributed by atoms with Crippen molar-refractivity contribution in [2.75, 3.05) is 6.61 Å². The maximum atomic E-state index is 6.11. The van der Waals surface area contributed by atoms with Gasteiger partial charge in [0.25, 0.3) is 0 Å². The minimum Gasteiger partial charge on any atom is -0.494 e. The van der Waals surface area contributed by atoms with E-state index in [4.69, 9.17) is 16.3 Å². The van der Waals surface area contributed by atoms with E-state index in [1.165, 1.54) is 5.57 Å². The molecule has 1 aliphatic carbocycles. The zero-order chi connectivity index (χ0) is 8.55. The van der Waals surface area contributed by atoms with Gasteiger partial charge < -0.3 is 4.74 Å². The monoisotopic (exact) mass is 184 g/mol. The van der Waals surface area contributed by atoms with E-state index in [9.17, 15) is 0 Å². The van der Waals surface area contributed by atoms with Gasteiger partial charge in [-0.25, -0.2) is 0 Å². The van der Waals surface area contributed by atoms with Gasteiger partial charge in [-0.05, 0) is 24.5 Å². The third-order valence-corrected chi connectivity index (χ3v) is 3.15. The molecule has 0 aromatic rings. The number of halogens is 1. The average molecular weight is 185 g/mol. The van der Waals surface area contributed by atoms with E-state index in [2.05, 4.69) is 6.92 Å². The van der Waals surface area contributed by atoms with Crippen molar-refractivity contribution in [2.24, 2.45) is 5.92 Å². The zero-order valence-corrected chi connectivity index (χ0v) is 7.97. The minimum atomic E-state index is 0.158. The molecule has 0 fully saturated rings. The van der Waals surface area contributed by atoms with Crippen molar-refractivity contribution in [2.45, 2.75) is 25.1 Å². The third kappa shape index (κ3) is 1.27. The fourth-order valence-corrected chi connectivity index (χ4v) is 2.03. The van der Waals surface area contributed by atoms with Gasteiger partial charge in [-0.1, -0.05) is 13.0 Å². The van der Waals surface area contributed by atoms with Crippen LogP contribution in [-0.2, 0) is 4.74 Å². The van der Waals surface area contributed by atoms with Crippen LogP contribution in [-0.4, -0.2) is 12.0 Å². The molecule has 0 radical (unpaired) electrons. The Kier molecular flexibility index (Phi) is 2.14.